The maximum atomic E-state index is 12.5. The number of nitrogens with one attached hydrogen (secondary N) is 2. The highest BCUT2D eigenvalue weighted by molar-refractivity contribution is 6.00. The Hall–Kier alpha value is -2.30. The van der Waals surface area contributed by atoms with E-state index in [1.54, 1.807) is 12.1 Å². The number of fused-ring (bicyclic) bond motifs is 1. The molecule has 5 heteroatoms. The second kappa shape index (κ2) is 5.83. The first kappa shape index (κ1) is 14.6. The Morgan fingerprint density at radius 3 is 2.50 bits per heavy atom. The molecule has 3 rings (SSSR count). The molecular formula is C17H20N2O3. The Labute approximate surface area is 128 Å². The van der Waals surface area contributed by atoms with Crippen molar-refractivity contribution >= 4 is 22.8 Å². The second-order valence-corrected chi connectivity index (χ2v) is 6.04. The SMILES string of the molecule is O=C(NC1(C(=O)O)CCCCCC1)c1ccc2[nH]ccc2c1. The highest BCUT2D eigenvalue weighted by Gasteiger charge is 2.40. The quantitative estimate of drug-likeness (QED) is 0.762. The fourth-order valence-electron chi connectivity index (χ4n) is 3.21. The number of aromatic amines is 1. The molecule has 1 aliphatic rings. The van der Waals surface area contributed by atoms with Gasteiger partial charge in [-0.15, -0.1) is 0 Å². The van der Waals surface area contributed by atoms with Crippen LogP contribution in [0.3, 0.4) is 0 Å². The van der Waals surface area contributed by atoms with Gasteiger partial charge in [0.15, 0.2) is 0 Å². The first-order valence-electron chi connectivity index (χ1n) is 7.74. The van der Waals surface area contributed by atoms with Gasteiger partial charge in [-0.2, -0.15) is 0 Å². The monoisotopic (exact) mass is 300 g/mol. The van der Waals surface area contributed by atoms with Gasteiger partial charge in [-0.1, -0.05) is 25.7 Å². The molecule has 116 valence electrons. The fourth-order valence-corrected chi connectivity index (χ4v) is 3.21. The summed E-state index contributed by atoms with van der Waals surface area (Å²) in [5, 5.41) is 13.4. The van der Waals surface area contributed by atoms with Crippen LogP contribution in [0.25, 0.3) is 10.9 Å². The van der Waals surface area contributed by atoms with Gasteiger partial charge in [0.1, 0.15) is 5.54 Å². The van der Waals surface area contributed by atoms with Crippen molar-refractivity contribution in [1.29, 1.82) is 0 Å². The molecule has 0 atom stereocenters. The molecule has 0 radical (unpaired) electrons. The number of hydrogen-bond acceptors (Lipinski definition) is 2. The van der Waals surface area contributed by atoms with Gasteiger partial charge in [0.2, 0.25) is 0 Å². The third-order valence-corrected chi connectivity index (χ3v) is 4.53. The largest absolute Gasteiger partial charge is 0.480 e. The van der Waals surface area contributed by atoms with Crippen molar-refractivity contribution in [3.05, 3.63) is 36.0 Å². The Morgan fingerprint density at radius 2 is 1.82 bits per heavy atom. The van der Waals surface area contributed by atoms with E-state index >= 15 is 0 Å². The lowest BCUT2D eigenvalue weighted by Gasteiger charge is -2.29. The van der Waals surface area contributed by atoms with Crippen LogP contribution in [-0.2, 0) is 4.79 Å². The number of H-pyrrole nitrogens is 1. The molecule has 3 N–H and O–H groups in total. The summed E-state index contributed by atoms with van der Waals surface area (Å²) in [6, 6.07) is 7.24. The van der Waals surface area contributed by atoms with Crippen LogP contribution < -0.4 is 5.32 Å². The van der Waals surface area contributed by atoms with E-state index in [2.05, 4.69) is 10.3 Å². The Morgan fingerprint density at radius 1 is 1.09 bits per heavy atom. The van der Waals surface area contributed by atoms with Crippen molar-refractivity contribution in [2.75, 3.05) is 0 Å². The number of carboxylic acids is 1. The average Bonchev–Trinajstić information content (AvgIpc) is 2.84. The van der Waals surface area contributed by atoms with Gasteiger partial charge in [-0.3, -0.25) is 4.79 Å². The Bertz CT molecular complexity index is 697. The number of amides is 1. The molecule has 1 aromatic carbocycles. The number of aliphatic carboxylic acids is 1. The Kier molecular flexibility index (Phi) is 3.88. The van der Waals surface area contributed by atoms with Crippen LogP contribution in [0.5, 0.6) is 0 Å². The number of aromatic nitrogens is 1. The predicted octanol–water partition coefficient (Wildman–Crippen LogP) is 3.08. The molecule has 5 nitrogen and oxygen atoms in total. The van der Waals surface area contributed by atoms with E-state index in [-0.39, 0.29) is 5.91 Å². The number of carboxylic acid groups (broad SMARTS) is 1. The van der Waals surface area contributed by atoms with Crippen molar-refractivity contribution in [3.63, 3.8) is 0 Å². The summed E-state index contributed by atoms with van der Waals surface area (Å²) in [6.07, 6.45) is 6.55. The van der Waals surface area contributed by atoms with E-state index in [0.717, 1.165) is 36.6 Å². The molecule has 22 heavy (non-hydrogen) atoms. The van der Waals surface area contributed by atoms with E-state index in [1.165, 1.54) is 0 Å². The van der Waals surface area contributed by atoms with Gasteiger partial charge in [-0.05, 0) is 37.1 Å². The first-order chi connectivity index (χ1) is 10.6. The van der Waals surface area contributed by atoms with E-state index in [1.807, 2.05) is 18.3 Å². The van der Waals surface area contributed by atoms with Crippen LogP contribution in [0.2, 0.25) is 0 Å². The fraction of sp³-hybridized carbons (Fsp3) is 0.412. The van der Waals surface area contributed by atoms with Crippen LogP contribution in [-0.4, -0.2) is 27.5 Å². The molecule has 2 aromatic rings. The van der Waals surface area contributed by atoms with Crippen LogP contribution in [0.15, 0.2) is 30.5 Å². The Balaban J connectivity index is 1.85. The molecule has 1 saturated carbocycles. The maximum Gasteiger partial charge on any atom is 0.329 e. The molecule has 0 spiro atoms. The zero-order chi connectivity index (χ0) is 15.6. The number of rotatable bonds is 3. The van der Waals surface area contributed by atoms with E-state index in [9.17, 15) is 14.7 Å². The number of carbonyl (C=O) groups excluding carboxylic acids is 1. The van der Waals surface area contributed by atoms with Gasteiger partial charge >= 0.3 is 5.97 Å². The molecule has 1 aliphatic carbocycles. The average molecular weight is 300 g/mol. The van der Waals surface area contributed by atoms with E-state index in [0.29, 0.717) is 18.4 Å². The molecule has 0 unspecified atom stereocenters. The molecule has 0 saturated heterocycles. The maximum absolute atomic E-state index is 12.5. The van der Waals surface area contributed by atoms with Crippen molar-refractivity contribution in [2.45, 2.75) is 44.1 Å². The highest BCUT2D eigenvalue weighted by atomic mass is 16.4. The summed E-state index contributed by atoms with van der Waals surface area (Å²) < 4.78 is 0. The standard InChI is InChI=1S/C17H20N2O3/c20-15(13-5-6-14-12(11-13)7-10-18-14)19-17(16(21)22)8-3-1-2-4-9-17/h5-7,10-11,18H,1-4,8-9H2,(H,19,20)(H,21,22). The molecule has 1 fully saturated rings. The van der Waals surface area contributed by atoms with Gasteiger partial charge in [-0.25, -0.2) is 4.79 Å². The minimum Gasteiger partial charge on any atom is -0.480 e. The summed E-state index contributed by atoms with van der Waals surface area (Å²) in [5.74, 6) is -1.24. The zero-order valence-electron chi connectivity index (χ0n) is 12.4. The van der Waals surface area contributed by atoms with Crippen molar-refractivity contribution in [2.24, 2.45) is 0 Å². The van der Waals surface area contributed by atoms with E-state index < -0.39 is 11.5 Å². The van der Waals surface area contributed by atoms with Gasteiger partial charge < -0.3 is 15.4 Å². The second-order valence-electron chi connectivity index (χ2n) is 6.04. The van der Waals surface area contributed by atoms with Crippen LogP contribution in [0.4, 0.5) is 0 Å². The lowest BCUT2D eigenvalue weighted by molar-refractivity contribution is -0.145. The minimum atomic E-state index is -1.12. The lowest BCUT2D eigenvalue weighted by Crippen LogP contribution is -2.54. The zero-order valence-corrected chi connectivity index (χ0v) is 12.4. The molecule has 1 amide bonds. The summed E-state index contributed by atoms with van der Waals surface area (Å²) in [7, 11) is 0. The highest BCUT2D eigenvalue weighted by Crippen LogP contribution is 2.28. The summed E-state index contributed by atoms with van der Waals surface area (Å²) in [4.78, 5) is 27.3. The van der Waals surface area contributed by atoms with Gasteiger partial charge in [0.05, 0.1) is 0 Å². The smallest absolute Gasteiger partial charge is 0.329 e. The summed E-state index contributed by atoms with van der Waals surface area (Å²) in [6.45, 7) is 0. The predicted molar refractivity (Wildman–Crippen MR) is 83.8 cm³/mol. The topological polar surface area (TPSA) is 82.2 Å². The number of benzene rings is 1. The summed E-state index contributed by atoms with van der Waals surface area (Å²) in [5.41, 5.74) is 0.330. The van der Waals surface area contributed by atoms with Crippen LogP contribution >= 0.6 is 0 Å². The number of hydrogen-bond donors (Lipinski definition) is 3. The molecule has 0 bridgehead atoms. The molecule has 1 aromatic heterocycles. The summed E-state index contributed by atoms with van der Waals surface area (Å²) >= 11 is 0. The number of carbonyl (C=O) groups is 2. The minimum absolute atomic E-state index is 0.313. The van der Waals surface area contributed by atoms with E-state index in [4.69, 9.17) is 0 Å². The first-order valence-corrected chi connectivity index (χ1v) is 7.74. The van der Waals surface area contributed by atoms with Crippen molar-refractivity contribution in [3.8, 4) is 0 Å². The molecule has 1 heterocycles. The third kappa shape index (κ3) is 2.71. The van der Waals surface area contributed by atoms with Crippen LogP contribution in [0, 0.1) is 0 Å². The normalized spacial score (nSPS) is 17.8. The van der Waals surface area contributed by atoms with Crippen LogP contribution in [0.1, 0.15) is 48.9 Å². The lowest BCUT2D eigenvalue weighted by atomic mass is 9.89. The third-order valence-electron chi connectivity index (χ3n) is 4.53. The molecule has 0 aliphatic heterocycles. The molecular weight excluding hydrogens is 280 g/mol. The van der Waals surface area contributed by atoms with Crippen molar-refractivity contribution in [1.82, 2.24) is 10.3 Å². The van der Waals surface area contributed by atoms with Gasteiger partial charge in [0, 0.05) is 22.7 Å². The van der Waals surface area contributed by atoms with Gasteiger partial charge in [0.25, 0.3) is 5.91 Å². The van der Waals surface area contributed by atoms with Crippen molar-refractivity contribution < 1.29 is 14.7 Å².